The number of amides is 1. The molecular formula is C17H17BrN4O2S. The van der Waals surface area contributed by atoms with Gasteiger partial charge in [-0.25, -0.2) is 10.4 Å². The fraction of sp³-hybridized carbons (Fsp3) is 0.118. The number of phenolic OH excluding ortho intramolecular Hbond substituents is 1. The van der Waals surface area contributed by atoms with Crippen molar-refractivity contribution < 1.29 is 9.90 Å². The van der Waals surface area contributed by atoms with Crippen LogP contribution in [0, 0.1) is 0 Å². The second-order valence-corrected chi connectivity index (χ2v) is 7.26. The molecule has 4 N–H and O–H groups in total. The SMILES string of the molecule is CC(SC(N)=Nc1ccccc1)C(=O)N/N=C/c1cc(Br)ccc1O. The van der Waals surface area contributed by atoms with E-state index in [9.17, 15) is 9.90 Å². The number of halogens is 1. The molecule has 130 valence electrons. The van der Waals surface area contributed by atoms with Crippen LogP contribution in [-0.4, -0.2) is 27.6 Å². The highest BCUT2D eigenvalue weighted by Crippen LogP contribution is 2.20. The Morgan fingerprint density at radius 3 is 2.76 bits per heavy atom. The van der Waals surface area contributed by atoms with Gasteiger partial charge in [0.15, 0.2) is 5.17 Å². The maximum absolute atomic E-state index is 12.0. The van der Waals surface area contributed by atoms with Crippen LogP contribution in [0.2, 0.25) is 0 Å². The predicted molar refractivity (Wildman–Crippen MR) is 106 cm³/mol. The number of nitrogens with two attached hydrogens (primary N) is 1. The average Bonchev–Trinajstić information content (AvgIpc) is 2.58. The van der Waals surface area contributed by atoms with Crippen LogP contribution in [-0.2, 0) is 4.79 Å². The van der Waals surface area contributed by atoms with E-state index in [2.05, 4.69) is 31.4 Å². The minimum Gasteiger partial charge on any atom is -0.507 e. The van der Waals surface area contributed by atoms with E-state index in [1.807, 2.05) is 30.3 Å². The van der Waals surface area contributed by atoms with E-state index in [0.29, 0.717) is 10.7 Å². The lowest BCUT2D eigenvalue weighted by Crippen LogP contribution is -2.29. The zero-order chi connectivity index (χ0) is 18.2. The molecule has 0 saturated heterocycles. The highest BCUT2D eigenvalue weighted by atomic mass is 79.9. The Bertz CT molecular complexity index is 796. The summed E-state index contributed by atoms with van der Waals surface area (Å²) >= 11 is 4.44. The van der Waals surface area contributed by atoms with Gasteiger partial charge in [-0.2, -0.15) is 5.10 Å². The van der Waals surface area contributed by atoms with Crippen molar-refractivity contribution in [3.63, 3.8) is 0 Å². The third-order valence-electron chi connectivity index (χ3n) is 3.03. The number of hydrogen-bond acceptors (Lipinski definition) is 5. The van der Waals surface area contributed by atoms with Gasteiger partial charge in [0.1, 0.15) is 5.75 Å². The van der Waals surface area contributed by atoms with Gasteiger partial charge in [0.2, 0.25) is 0 Å². The fourth-order valence-electron chi connectivity index (χ4n) is 1.78. The zero-order valence-electron chi connectivity index (χ0n) is 13.4. The third kappa shape index (κ3) is 6.24. The molecule has 0 heterocycles. The third-order valence-corrected chi connectivity index (χ3v) is 4.42. The van der Waals surface area contributed by atoms with Crippen LogP contribution in [0.3, 0.4) is 0 Å². The molecule has 0 aliphatic rings. The molecule has 8 heteroatoms. The number of carbonyl (C=O) groups is 1. The fourth-order valence-corrected chi connectivity index (χ4v) is 2.83. The highest BCUT2D eigenvalue weighted by molar-refractivity contribution is 9.10. The van der Waals surface area contributed by atoms with E-state index >= 15 is 0 Å². The molecule has 1 unspecified atom stereocenters. The molecule has 0 aromatic heterocycles. The summed E-state index contributed by atoms with van der Waals surface area (Å²) in [4.78, 5) is 16.3. The second-order valence-electron chi connectivity index (χ2n) is 4.98. The first-order chi connectivity index (χ1) is 12.0. The van der Waals surface area contributed by atoms with Gasteiger partial charge in [-0.15, -0.1) is 0 Å². The number of hydrogen-bond donors (Lipinski definition) is 3. The Kier molecular flexibility index (Phi) is 7.03. The van der Waals surface area contributed by atoms with E-state index in [0.717, 1.165) is 21.9 Å². The molecule has 6 nitrogen and oxygen atoms in total. The number of aromatic hydroxyl groups is 1. The number of hydrazone groups is 1. The van der Waals surface area contributed by atoms with Gasteiger partial charge in [-0.3, -0.25) is 4.79 Å². The van der Waals surface area contributed by atoms with Crippen molar-refractivity contribution in [1.29, 1.82) is 0 Å². The van der Waals surface area contributed by atoms with E-state index < -0.39 is 5.25 Å². The molecule has 0 radical (unpaired) electrons. The van der Waals surface area contributed by atoms with Gasteiger partial charge >= 0.3 is 0 Å². The lowest BCUT2D eigenvalue weighted by molar-refractivity contribution is -0.120. The molecule has 0 aliphatic carbocycles. The minimum absolute atomic E-state index is 0.0721. The lowest BCUT2D eigenvalue weighted by atomic mass is 10.2. The minimum atomic E-state index is -0.472. The number of thioether (sulfide) groups is 1. The molecule has 1 amide bonds. The molecule has 0 bridgehead atoms. The summed E-state index contributed by atoms with van der Waals surface area (Å²) in [5.74, 6) is -0.246. The quantitative estimate of drug-likeness (QED) is 0.392. The van der Waals surface area contributed by atoms with Crippen LogP contribution in [0.15, 0.2) is 63.1 Å². The van der Waals surface area contributed by atoms with Crippen LogP contribution in [0.25, 0.3) is 0 Å². The summed E-state index contributed by atoms with van der Waals surface area (Å²) in [6.45, 7) is 1.71. The first kappa shape index (κ1) is 19.0. The van der Waals surface area contributed by atoms with Crippen LogP contribution < -0.4 is 11.2 Å². The van der Waals surface area contributed by atoms with Crippen molar-refractivity contribution in [2.75, 3.05) is 0 Å². The Balaban J connectivity index is 1.91. The number of nitrogens with one attached hydrogen (secondary N) is 1. The van der Waals surface area contributed by atoms with Crippen LogP contribution in [0.1, 0.15) is 12.5 Å². The molecule has 0 spiro atoms. The Labute approximate surface area is 158 Å². The molecule has 1 atom stereocenters. The van der Waals surface area contributed by atoms with Crippen molar-refractivity contribution in [3.8, 4) is 5.75 Å². The largest absolute Gasteiger partial charge is 0.507 e. The highest BCUT2D eigenvalue weighted by Gasteiger charge is 2.14. The number of rotatable bonds is 5. The first-order valence-electron chi connectivity index (χ1n) is 7.33. The summed E-state index contributed by atoms with van der Waals surface area (Å²) in [5, 5.41) is 13.4. The van der Waals surface area contributed by atoms with Crippen LogP contribution in [0.4, 0.5) is 5.69 Å². The van der Waals surface area contributed by atoms with Crippen molar-refractivity contribution in [2.24, 2.45) is 15.8 Å². The number of aliphatic imine (C=N–C) groups is 1. The number of benzene rings is 2. The second kappa shape index (κ2) is 9.24. The van der Waals surface area contributed by atoms with Crippen LogP contribution in [0.5, 0.6) is 5.75 Å². The number of amidine groups is 1. The molecule has 0 fully saturated rings. The number of nitrogens with zero attached hydrogens (tertiary/aromatic N) is 2. The molecular weight excluding hydrogens is 404 g/mol. The Hall–Kier alpha value is -2.32. The molecule has 2 aromatic rings. The molecule has 25 heavy (non-hydrogen) atoms. The predicted octanol–water partition coefficient (Wildman–Crippen LogP) is 3.37. The van der Waals surface area contributed by atoms with E-state index in [1.54, 1.807) is 19.1 Å². The zero-order valence-corrected chi connectivity index (χ0v) is 15.8. The lowest BCUT2D eigenvalue weighted by Gasteiger charge is -2.08. The number of phenols is 1. The molecule has 2 rings (SSSR count). The smallest absolute Gasteiger partial charge is 0.253 e. The van der Waals surface area contributed by atoms with E-state index in [1.165, 1.54) is 12.3 Å². The monoisotopic (exact) mass is 420 g/mol. The van der Waals surface area contributed by atoms with Gasteiger partial charge in [0, 0.05) is 10.0 Å². The maximum atomic E-state index is 12.0. The van der Waals surface area contributed by atoms with Crippen molar-refractivity contribution in [1.82, 2.24) is 5.43 Å². The Morgan fingerprint density at radius 1 is 1.32 bits per heavy atom. The maximum Gasteiger partial charge on any atom is 0.253 e. The summed E-state index contributed by atoms with van der Waals surface area (Å²) in [5.41, 5.74) is 9.49. The van der Waals surface area contributed by atoms with Crippen molar-refractivity contribution in [3.05, 3.63) is 58.6 Å². The summed E-state index contributed by atoms with van der Waals surface area (Å²) < 4.78 is 0.798. The average molecular weight is 421 g/mol. The van der Waals surface area contributed by atoms with Gasteiger partial charge in [0.05, 0.1) is 17.2 Å². The summed E-state index contributed by atoms with van der Waals surface area (Å²) in [6.07, 6.45) is 1.37. The summed E-state index contributed by atoms with van der Waals surface area (Å²) in [7, 11) is 0. The topological polar surface area (TPSA) is 100 Å². The van der Waals surface area contributed by atoms with Gasteiger partial charge < -0.3 is 10.8 Å². The normalized spacial score (nSPS) is 13.0. The summed E-state index contributed by atoms with van der Waals surface area (Å²) in [6, 6.07) is 14.2. The van der Waals surface area contributed by atoms with Gasteiger partial charge in [0.25, 0.3) is 5.91 Å². The van der Waals surface area contributed by atoms with Gasteiger partial charge in [-0.05, 0) is 37.3 Å². The molecule has 0 aliphatic heterocycles. The molecule has 0 saturated carbocycles. The standard InChI is InChI=1S/C17H17BrN4O2S/c1-11(25-17(19)21-14-5-3-2-4-6-14)16(24)22-20-10-12-9-13(18)7-8-15(12)23/h2-11,23H,1H3,(H2,19,21)(H,22,24)/b20-10+. The number of carbonyl (C=O) groups excluding carboxylic acids is 1. The first-order valence-corrected chi connectivity index (χ1v) is 9.00. The van der Waals surface area contributed by atoms with Crippen LogP contribution >= 0.6 is 27.7 Å². The van der Waals surface area contributed by atoms with Crippen molar-refractivity contribution >= 4 is 50.7 Å². The molecule has 2 aromatic carbocycles. The Morgan fingerprint density at radius 2 is 2.04 bits per heavy atom. The van der Waals surface area contributed by atoms with E-state index in [4.69, 9.17) is 5.73 Å². The van der Waals surface area contributed by atoms with Crippen molar-refractivity contribution in [2.45, 2.75) is 12.2 Å². The number of para-hydroxylation sites is 1. The van der Waals surface area contributed by atoms with E-state index in [-0.39, 0.29) is 11.7 Å². The van der Waals surface area contributed by atoms with Gasteiger partial charge in [-0.1, -0.05) is 45.9 Å².